The molecule has 0 aromatic heterocycles. The van der Waals surface area contributed by atoms with E-state index in [1.807, 2.05) is 6.92 Å². The van der Waals surface area contributed by atoms with Crippen LogP contribution in [0.2, 0.25) is 6.32 Å². The molecule has 0 spiro atoms. The molecule has 1 aromatic carbocycles. The van der Waals surface area contributed by atoms with Crippen molar-refractivity contribution in [1.29, 1.82) is 0 Å². The van der Waals surface area contributed by atoms with Crippen LogP contribution in [0.25, 0.3) is 0 Å². The SMILES string of the molecule is C/C=C(/Cc1ccc(F)cc1)N1CCC(C(N)(CCCCB(O)O)C(=O)O)CC1. The summed E-state index contributed by atoms with van der Waals surface area (Å²) >= 11 is 0. The Morgan fingerprint density at radius 1 is 1.28 bits per heavy atom. The molecule has 1 unspecified atom stereocenters. The molecule has 160 valence electrons. The Bertz CT molecular complexity index is 690. The third-order valence-corrected chi connectivity index (χ3v) is 5.96. The van der Waals surface area contributed by atoms with Crippen molar-refractivity contribution in [3.05, 3.63) is 47.4 Å². The van der Waals surface area contributed by atoms with Gasteiger partial charge in [-0.1, -0.05) is 31.1 Å². The summed E-state index contributed by atoms with van der Waals surface area (Å²) in [4.78, 5) is 14.2. The van der Waals surface area contributed by atoms with E-state index in [1.165, 1.54) is 12.1 Å². The Hall–Kier alpha value is -1.90. The second kappa shape index (κ2) is 10.8. The number of allylic oxidation sites excluding steroid dienone is 2. The summed E-state index contributed by atoms with van der Waals surface area (Å²) in [5, 5.41) is 27.6. The molecule has 29 heavy (non-hydrogen) atoms. The molecular formula is C21H32BFN2O4. The van der Waals surface area contributed by atoms with Crippen LogP contribution < -0.4 is 5.73 Å². The van der Waals surface area contributed by atoms with Crippen molar-refractivity contribution >= 4 is 13.1 Å². The number of aliphatic carboxylic acids is 1. The normalized spacial score (nSPS) is 17.8. The molecule has 1 atom stereocenters. The molecule has 2 rings (SSSR count). The number of likely N-dealkylation sites (tertiary alicyclic amines) is 1. The van der Waals surface area contributed by atoms with Crippen molar-refractivity contribution < 1.29 is 24.3 Å². The second-order valence-corrected chi connectivity index (χ2v) is 7.92. The Labute approximate surface area is 172 Å². The molecule has 1 saturated heterocycles. The zero-order chi connectivity index (χ0) is 21.4. The summed E-state index contributed by atoms with van der Waals surface area (Å²) in [6, 6.07) is 6.48. The summed E-state index contributed by atoms with van der Waals surface area (Å²) in [7, 11) is -1.37. The lowest BCUT2D eigenvalue weighted by Crippen LogP contribution is -2.56. The van der Waals surface area contributed by atoms with Gasteiger partial charge in [0.15, 0.2) is 0 Å². The molecule has 5 N–H and O–H groups in total. The van der Waals surface area contributed by atoms with Gasteiger partial charge in [0.1, 0.15) is 11.4 Å². The number of piperidine rings is 1. The summed E-state index contributed by atoms with van der Waals surface area (Å²) < 4.78 is 13.1. The maximum atomic E-state index is 13.1. The van der Waals surface area contributed by atoms with E-state index in [-0.39, 0.29) is 18.1 Å². The smallest absolute Gasteiger partial charge is 0.451 e. The van der Waals surface area contributed by atoms with Crippen molar-refractivity contribution in [3.8, 4) is 0 Å². The largest absolute Gasteiger partial charge is 0.480 e. The van der Waals surface area contributed by atoms with Crippen molar-refractivity contribution in [3.63, 3.8) is 0 Å². The van der Waals surface area contributed by atoms with E-state index in [0.717, 1.165) is 24.4 Å². The molecule has 1 aliphatic rings. The monoisotopic (exact) mass is 406 g/mol. The number of benzene rings is 1. The van der Waals surface area contributed by atoms with Crippen LogP contribution in [0.3, 0.4) is 0 Å². The van der Waals surface area contributed by atoms with Gasteiger partial charge in [-0.25, -0.2) is 4.39 Å². The Morgan fingerprint density at radius 3 is 2.41 bits per heavy atom. The highest BCUT2D eigenvalue weighted by molar-refractivity contribution is 6.40. The van der Waals surface area contributed by atoms with Crippen LogP contribution in [-0.4, -0.2) is 51.8 Å². The predicted molar refractivity (Wildman–Crippen MR) is 112 cm³/mol. The van der Waals surface area contributed by atoms with Crippen molar-refractivity contribution in [2.75, 3.05) is 13.1 Å². The summed E-state index contributed by atoms with van der Waals surface area (Å²) in [6.07, 6.45) is 5.76. The first-order valence-corrected chi connectivity index (χ1v) is 10.3. The summed E-state index contributed by atoms with van der Waals surface area (Å²) in [5.74, 6) is -1.37. The Kier molecular flexibility index (Phi) is 8.68. The van der Waals surface area contributed by atoms with E-state index in [1.54, 1.807) is 12.1 Å². The minimum Gasteiger partial charge on any atom is -0.480 e. The van der Waals surface area contributed by atoms with Gasteiger partial charge in [0.05, 0.1) is 0 Å². The summed E-state index contributed by atoms with van der Waals surface area (Å²) in [6.45, 7) is 3.44. The average molecular weight is 406 g/mol. The number of nitrogens with two attached hydrogens (primary N) is 1. The highest BCUT2D eigenvalue weighted by Gasteiger charge is 2.43. The standard InChI is InChI=1S/C21H32BFN2O4/c1-2-19(15-16-5-7-18(23)8-6-16)25-13-9-17(10-14-25)21(24,20(26)27)11-3-4-12-22(28)29/h2,5-8,17,28-29H,3-4,9-15,24H2,1H3,(H,26,27)/b19-2-. The lowest BCUT2D eigenvalue weighted by atomic mass is 9.74. The maximum absolute atomic E-state index is 13.1. The maximum Gasteiger partial charge on any atom is 0.451 e. The number of halogens is 1. The number of rotatable bonds is 10. The van der Waals surface area contributed by atoms with Gasteiger partial charge in [-0.05, 0) is 56.1 Å². The third-order valence-electron chi connectivity index (χ3n) is 5.96. The van der Waals surface area contributed by atoms with E-state index < -0.39 is 18.6 Å². The van der Waals surface area contributed by atoms with Crippen molar-refractivity contribution in [2.45, 2.75) is 57.3 Å². The van der Waals surface area contributed by atoms with Crippen LogP contribution in [-0.2, 0) is 11.2 Å². The Balaban J connectivity index is 1.93. The van der Waals surface area contributed by atoms with E-state index in [9.17, 15) is 14.3 Å². The fourth-order valence-electron chi connectivity index (χ4n) is 4.12. The number of nitrogens with zero attached hydrogens (tertiary/aromatic N) is 1. The molecule has 0 radical (unpaired) electrons. The molecule has 6 nitrogen and oxygen atoms in total. The molecule has 1 aromatic rings. The molecule has 0 bridgehead atoms. The van der Waals surface area contributed by atoms with Gasteiger partial charge in [-0.15, -0.1) is 0 Å². The van der Waals surface area contributed by atoms with Crippen LogP contribution in [0.15, 0.2) is 36.0 Å². The lowest BCUT2D eigenvalue weighted by molar-refractivity contribution is -0.146. The topological polar surface area (TPSA) is 107 Å². The first kappa shape index (κ1) is 23.4. The van der Waals surface area contributed by atoms with Gasteiger partial charge in [-0.3, -0.25) is 4.79 Å². The third kappa shape index (κ3) is 6.55. The zero-order valence-corrected chi connectivity index (χ0v) is 17.1. The van der Waals surface area contributed by atoms with Gasteiger partial charge >= 0.3 is 13.1 Å². The van der Waals surface area contributed by atoms with E-state index in [2.05, 4.69) is 11.0 Å². The van der Waals surface area contributed by atoms with Gasteiger partial charge in [0, 0.05) is 25.2 Å². The van der Waals surface area contributed by atoms with Crippen LogP contribution in [0.1, 0.15) is 44.6 Å². The number of carboxylic acids is 1. The van der Waals surface area contributed by atoms with Crippen molar-refractivity contribution in [2.24, 2.45) is 11.7 Å². The molecule has 1 aliphatic heterocycles. The summed E-state index contributed by atoms with van der Waals surface area (Å²) in [5.41, 5.74) is 7.22. The van der Waals surface area contributed by atoms with Crippen LogP contribution in [0, 0.1) is 11.7 Å². The van der Waals surface area contributed by atoms with E-state index in [4.69, 9.17) is 15.8 Å². The van der Waals surface area contributed by atoms with E-state index >= 15 is 0 Å². The number of carboxylic acid groups (broad SMARTS) is 1. The highest BCUT2D eigenvalue weighted by atomic mass is 19.1. The van der Waals surface area contributed by atoms with Gasteiger partial charge in [0.2, 0.25) is 0 Å². The molecule has 1 heterocycles. The van der Waals surface area contributed by atoms with Gasteiger partial charge in [0.25, 0.3) is 0 Å². The van der Waals surface area contributed by atoms with E-state index in [0.29, 0.717) is 38.5 Å². The van der Waals surface area contributed by atoms with Crippen LogP contribution >= 0.6 is 0 Å². The second-order valence-electron chi connectivity index (χ2n) is 7.92. The van der Waals surface area contributed by atoms with Crippen LogP contribution in [0.5, 0.6) is 0 Å². The lowest BCUT2D eigenvalue weighted by Gasteiger charge is -2.41. The molecule has 8 heteroatoms. The molecule has 0 saturated carbocycles. The first-order chi connectivity index (χ1) is 13.8. The van der Waals surface area contributed by atoms with Crippen molar-refractivity contribution in [1.82, 2.24) is 4.90 Å². The number of unbranched alkanes of at least 4 members (excludes halogenated alkanes) is 1. The highest BCUT2D eigenvalue weighted by Crippen LogP contribution is 2.33. The molecule has 0 amide bonds. The average Bonchev–Trinajstić information content (AvgIpc) is 2.70. The molecule has 0 aliphatic carbocycles. The van der Waals surface area contributed by atoms with Gasteiger partial charge in [-0.2, -0.15) is 0 Å². The zero-order valence-electron chi connectivity index (χ0n) is 17.1. The van der Waals surface area contributed by atoms with Gasteiger partial charge < -0.3 is 25.8 Å². The predicted octanol–water partition coefficient (Wildman–Crippen LogP) is 2.41. The molecular weight excluding hydrogens is 374 g/mol. The minimum atomic E-state index is -1.37. The quantitative estimate of drug-likeness (QED) is 0.351. The fraction of sp³-hybridized carbons (Fsp3) is 0.571. The number of hydrogen-bond donors (Lipinski definition) is 4. The Morgan fingerprint density at radius 2 is 1.90 bits per heavy atom. The first-order valence-electron chi connectivity index (χ1n) is 10.3. The number of carbonyl (C=O) groups is 1. The minimum absolute atomic E-state index is 0.126. The number of hydrogen-bond acceptors (Lipinski definition) is 5. The fourth-order valence-corrected chi connectivity index (χ4v) is 4.12. The van der Waals surface area contributed by atoms with Crippen LogP contribution in [0.4, 0.5) is 4.39 Å². The molecule has 1 fully saturated rings.